The fourth-order valence-electron chi connectivity index (χ4n) is 3.11. The van der Waals surface area contributed by atoms with E-state index in [4.69, 9.17) is 9.84 Å². The van der Waals surface area contributed by atoms with Crippen LogP contribution in [0.3, 0.4) is 0 Å². The largest absolute Gasteiger partial charge is 0.383 e. The third-order valence-corrected chi connectivity index (χ3v) is 4.92. The number of benzene rings is 1. The molecule has 1 aromatic heterocycles. The molecule has 0 radical (unpaired) electrons. The Balaban J connectivity index is 2.33. The summed E-state index contributed by atoms with van der Waals surface area (Å²) >= 11 is 0. The highest BCUT2D eigenvalue weighted by Crippen LogP contribution is 2.27. The number of ether oxygens (including phenoxy) is 1. The number of methoxy groups -OCH3 is 1. The van der Waals surface area contributed by atoms with Gasteiger partial charge in [-0.05, 0) is 18.6 Å². The van der Waals surface area contributed by atoms with E-state index in [2.05, 4.69) is 26.1 Å². The topological polar surface area (TPSA) is 76.5 Å². The van der Waals surface area contributed by atoms with Gasteiger partial charge in [0.05, 0.1) is 18.0 Å². The van der Waals surface area contributed by atoms with Crippen molar-refractivity contribution >= 4 is 17.6 Å². The highest BCUT2D eigenvalue weighted by molar-refractivity contribution is 5.95. The molecule has 1 aromatic carbocycles. The van der Waals surface area contributed by atoms with Crippen molar-refractivity contribution in [3.8, 4) is 5.69 Å². The second-order valence-electron chi connectivity index (χ2n) is 9.88. The van der Waals surface area contributed by atoms with Crippen molar-refractivity contribution in [3.63, 3.8) is 0 Å². The molecule has 0 aliphatic rings. The molecule has 7 heteroatoms. The minimum Gasteiger partial charge on any atom is -0.383 e. The zero-order valence-corrected chi connectivity index (χ0v) is 20.1. The quantitative estimate of drug-likeness (QED) is 0.725. The summed E-state index contributed by atoms with van der Waals surface area (Å²) in [5, 5.41) is 7.74. The monoisotopic (exact) mass is 428 g/mol. The Morgan fingerprint density at radius 2 is 1.77 bits per heavy atom. The first-order valence-corrected chi connectivity index (χ1v) is 10.6. The molecule has 0 aliphatic carbocycles. The van der Waals surface area contributed by atoms with Crippen molar-refractivity contribution in [3.05, 3.63) is 41.6 Å². The van der Waals surface area contributed by atoms with E-state index in [1.807, 2.05) is 58.0 Å². The number of anilines is 1. The molecule has 7 nitrogen and oxygen atoms in total. The Bertz CT molecular complexity index is 920. The van der Waals surface area contributed by atoms with E-state index < -0.39 is 5.41 Å². The maximum absolute atomic E-state index is 13.0. The van der Waals surface area contributed by atoms with Gasteiger partial charge in [-0.15, -0.1) is 0 Å². The third-order valence-electron chi connectivity index (χ3n) is 4.92. The van der Waals surface area contributed by atoms with Gasteiger partial charge in [0.1, 0.15) is 12.4 Å². The van der Waals surface area contributed by atoms with Crippen LogP contribution in [0.2, 0.25) is 0 Å². The van der Waals surface area contributed by atoms with Gasteiger partial charge in [-0.2, -0.15) is 5.10 Å². The zero-order chi connectivity index (χ0) is 23.4. The number of carbonyl (C=O) groups excluding carboxylic acids is 2. The maximum atomic E-state index is 13.0. The summed E-state index contributed by atoms with van der Waals surface area (Å²) in [6.07, 6.45) is 0. The molecule has 2 amide bonds. The summed E-state index contributed by atoms with van der Waals surface area (Å²) < 4.78 is 6.89. The first-order chi connectivity index (χ1) is 14.3. The summed E-state index contributed by atoms with van der Waals surface area (Å²) in [4.78, 5) is 27.3. The minimum atomic E-state index is -0.587. The van der Waals surface area contributed by atoms with Crippen LogP contribution < -0.4 is 5.32 Å². The second kappa shape index (κ2) is 9.64. The standard InChI is InChI=1S/C24H36N4O3/c1-17-11-9-10-12-18(17)28-20(15-19(26-28)23(2,3)4)25-21(29)16-27(13-14-31-8)22(30)24(5,6)7/h9-12,15H,13-14,16H2,1-8H3,(H,25,29). The third kappa shape index (κ3) is 6.40. The second-order valence-corrected chi connectivity index (χ2v) is 9.88. The number of nitrogens with zero attached hydrogens (tertiary/aromatic N) is 3. The molecule has 0 bridgehead atoms. The number of hydrogen-bond donors (Lipinski definition) is 1. The molecule has 2 aromatic rings. The van der Waals surface area contributed by atoms with Gasteiger partial charge < -0.3 is 15.0 Å². The van der Waals surface area contributed by atoms with E-state index in [1.54, 1.807) is 11.8 Å². The first-order valence-electron chi connectivity index (χ1n) is 10.6. The van der Waals surface area contributed by atoms with Gasteiger partial charge in [-0.3, -0.25) is 9.59 Å². The fraction of sp³-hybridized carbons (Fsp3) is 0.542. The smallest absolute Gasteiger partial charge is 0.245 e. The number of aryl methyl sites for hydroxylation is 1. The molecule has 31 heavy (non-hydrogen) atoms. The number of hydrogen-bond acceptors (Lipinski definition) is 4. The van der Waals surface area contributed by atoms with Crippen LogP contribution in [0, 0.1) is 12.3 Å². The molecule has 2 rings (SSSR count). The molecule has 0 atom stereocenters. The van der Waals surface area contributed by atoms with E-state index in [0.717, 1.165) is 16.9 Å². The van der Waals surface area contributed by atoms with Crippen LogP contribution in [-0.4, -0.2) is 53.3 Å². The van der Waals surface area contributed by atoms with Crippen molar-refractivity contribution in [2.75, 3.05) is 32.1 Å². The van der Waals surface area contributed by atoms with Crippen molar-refractivity contribution in [1.29, 1.82) is 0 Å². The Hall–Kier alpha value is -2.67. The number of rotatable bonds is 7. The Morgan fingerprint density at radius 1 is 1.13 bits per heavy atom. The molecule has 1 N–H and O–H groups in total. The number of amides is 2. The molecule has 0 aliphatic heterocycles. The average molecular weight is 429 g/mol. The van der Waals surface area contributed by atoms with E-state index in [1.165, 1.54) is 4.90 Å². The summed E-state index contributed by atoms with van der Waals surface area (Å²) in [5.74, 6) is 0.213. The lowest BCUT2D eigenvalue weighted by atomic mass is 9.92. The highest BCUT2D eigenvalue weighted by Gasteiger charge is 2.29. The molecule has 0 saturated heterocycles. The van der Waals surface area contributed by atoms with Gasteiger partial charge in [0.2, 0.25) is 11.8 Å². The molecule has 1 heterocycles. The molecule has 0 spiro atoms. The van der Waals surface area contributed by atoms with Crippen molar-refractivity contribution < 1.29 is 14.3 Å². The first kappa shape index (κ1) is 24.6. The lowest BCUT2D eigenvalue weighted by Gasteiger charge is -2.28. The fourth-order valence-corrected chi connectivity index (χ4v) is 3.11. The van der Waals surface area contributed by atoms with Gasteiger partial charge >= 0.3 is 0 Å². The number of nitrogens with one attached hydrogen (secondary N) is 1. The number of para-hydroxylation sites is 1. The number of carbonyl (C=O) groups is 2. The summed E-state index contributed by atoms with van der Waals surface area (Å²) in [6.45, 7) is 14.4. The summed E-state index contributed by atoms with van der Waals surface area (Å²) in [5.41, 5.74) is 2.05. The lowest BCUT2D eigenvalue weighted by Crippen LogP contribution is -2.45. The normalized spacial score (nSPS) is 12.0. The van der Waals surface area contributed by atoms with Crippen molar-refractivity contribution in [2.24, 2.45) is 5.41 Å². The van der Waals surface area contributed by atoms with Crippen LogP contribution in [0.1, 0.15) is 52.8 Å². The van der Waals surface area contributed by atoms with Crippen molar-refractivity contribution in [1.82, 2.24) is 14.7 Å². The van der Waals surface area contributed by atoms with Gasteiger partial charge in [-0.1, -0.05) is 59.7 Å². The average Bonchev–Trinajstić information content (AvgIpc) is 3.08. The van der Waals surface area contributed by atoms with E-state index >= 15 is 0 Å². The molecule has 0 unspecified atom stereocenters. The lowest BCUT2D eigenvalue weighted by molar-refractivity contribution is -0.142. The highest BCUT2D eigenvalue weighted by atomic mass is 16.5. The molecule has 170 valence electrons. The van der Waals surface area contributed by atoms with Gasteiger partial charge in [-0.25, -0.2) is 4.68 Å². The predicted octanol–water partition coefficient (Wildman–Crippen LogP) is 3.94. The van der Waals surface area contributed by atoms with Crippen LogP contribution in [0.4, 0.5) is 5.82 Å². The molecular weight excluding hydrogens is 392 g/mol. The zero-order valence-electron chi connectivity index (χ0n) is 20.1. The minimum absolute atomic E-state index is 0.0523. The maximum Gasteiger partial charge on any atom is 0.245 e. The van der Waals surface area contributed by atoms with Crippen LogP contribution in [0.25, 0.3) is 5.69 Å². The van der Waals surface area contributed by atoms with E-state index in [-0.39, 0.29) is 23.8 Å². The molecule has 0 saturated carbocycles. The van der Waals surface area contributed by atoms with Crippen LogP contribution in [0.5, 0.6) is 0 Å². The van der Waals surface area contributed by atoms with Gasteiger partial charge in [0, 0.05) is 30.6 Å². The Kier molecular flexibility index (Phi) is 7.65. The van der Waals surface area contributed by atoms with Crippen molar-refractivity contribution in [2.45, 2.75) is 53.9 Å². The SMILES string of the molecule is COCCN(CC(=O)Nc1cc(C(C)(C)C)nn1-c1ccccc1C)C(=O)C(C)(C)C. The van der Waals surface area contributed by atoms with Crippen LogP contribution >= 0.6 is 0 Å². The number of aromatic nitrogens is 2. The summed E-state index contributed by atoms with van der Waals surface area (Å²) in [7, 11) is 1.58. The van der Waals surface area contributed by atoms with Gasteiger partial charge in [0.15, 0.2) is 0 Å². The molecular formula is C24H36N4O3. The van der Waals surface area contributed by atoms with Gasteiger partial charge in [0.25, 0.3) is 0 Å². The van der Waals surface area contributed by atoms with E-state index in [9.17, 15) is 9.59 Å². The van der Waals surface area contributed by atoms with E-state index in [0.29, 0.717) is 19.0 Å². The summed E-state index contributed by atoms with van der Waals surface area (Å²) in [6, 6.07) is 9.79. The van der Waals surface area contributed by atoms with Crippen LogP contribution in [0.15, 0.2) is 30.3 Å². The molecule has 0 fully saturated rings. The Morgan fingerprint density at radius 3 is 2.32 bits per heavy atom. The van der Waals surface area contributed by atoms with Crippen LogP contribution in [-0.2, 0) is 19.7 Å². The Labute approximate surface area is 185 Å². The predicted molar refractivity (Wildman–Crippen MR) is 124 cm³/mol.